The lowest BCUT2D eigenvalue weighted by Gasteiger charge is -2.27. The molecular weight excluding hydrogens is 326 g/mol. The van der Waals surface area contributed by atoms with Crippen LogP contribution in [0.2, 0.25) is 0 Å². The van der Waals surface area contributed by atoms with Gasteiger partial charge in [-0.3, -0.25) is 9.38 Å². The number of fused-ring (bicyclic) bond motifs is 1. The van der Waals surface area contributed by atoms with Gasteiger partial charge in [0, 0.05) is 48.9 Å². The van der Waals surface area contributed by atoms with E-state index in [1.165, 1.54) is 24.2 Å². The molecule has 2 fully saturated rings. The maximum atomic E-state index is 5.50. The Morgan fingerprint density at radius 3 is 2.69 bits per heavy atom. The normalized spacial score (nSPS) is 17.8. The number of aryl methyl sites for hydroxylation is 1. The smallest absolute Gasteiger partial charge is 0.181 e. The van der Waals surface area contributed by atoms with E-state index in [0.717, 1.165) is 55.4 Å². The quantitative estimate of drug-likeness (QED) is 0.724. The molecule has 2 aliphatic rings. The molecule has 1 saturated heterocycles. The third-order valence-corrected chi connectivity index (χ3v) is 5.29. The van der Waals surface area contributed by atoms with E-state index in [-0.39, 0.29) is 0 Å². The van der Waals surface area contributed by atoms with Crippen molar-refractivity contribution in [2.45, 2.75) is 32.1 Å². The molecule has 1 aliphatic heterocycles. The molecule has 5 rings (SSSR count). The highest BCUT2D eigenvalue weighted by molar-refractivity contribution is 5.74. The minimum atomic E-state index is 0.563. The van der Waals surface area contributed by atoms with Crippen molar-refractivity contribution in [3.05, 3.63) is 42.1 Å². The van der Waals surface area contributed by atoms with Crippen LogP contribution in [0.4, 0.5) is 5.82 Å². The summed E-state index contributed by atoms with van der Waals surface area (Å²) < 4.78 is 7.70. The number of imidazole rings is 1. The van der Waals surface area contributed by atoms with E-state index in [4.69, 9.17) is 9.72 Å². The first kappa shape index (κ1) is 15.8. The second kappa shape index (κ2) is 6.36. The molecule has 0 atom stereocenters. The van der Waals surface area contributed by atoms with Crippen LogP contribution >= 0.6 is 0 Å². The fraction of sp³-hybridized carbons (Fsp3) is 0.450. The van der Waals surface area contributed by atoms with Crippen molar-refractivity contribution in [2.24, 2.45) is 0 Å². The van der Waals surface area contributed by atoms with Gasteiger partial charge < -0.3 is 9.64 Å². The summed E-state index contributed by atoms with van der Waals surface area (Å²) in [6.07, 6.45) is 9.29. The molecule has 1 aliphatic carbocycles. The highest BCUT2D eigenvalue weighted by Crippen LogP contribution is 2.44. The van der Waals surface area contributed by atoms with Crippen LogP contribution in [0.15, 0.2) is 30.7 Å². The van der Waals surface area contributed by atoms with Crippen LogP contribution < -0.4 is 4.90 Å². The molecule has 0 spiro atoms. The van der Waals surface area contributed by atoms with Crippen molar-refractivity contribution in [1.29, 1.82) is 0 Å². The van der Waals surface area contributed by atoms with Crippen LogP contribution in [-0.2, 0) is 11.2 Å². The highest BCUT2D eigenvalue weighted by atomic mass is 16.5. The van der Waals surface area contributed by atoms with E-state index < -0.39 is 0 Å². The summed E-state index contributed by atoms with van der Waals surface area (Å²) in [5.74, 6) is 1.52. The molecule has 1 saturated carbocycles. The van der Waals surface area contributed by atoms with Crippen LogP contribution in [0.5, 0.6) is 0 Å². The SMILES string of the molecule is CCc1ccc(-c2c(C3CC3)nc3c(N4CCOCC4)nccn23)cn1. The molecule has 134 valence electrons. The third-order valence-electron chi connectivity index (χ3n) is 5.29. The average molecular weight is 349 g/mol. The molecule has 0 bridgehead atoms. The van der Waals surface area contributed by atoms with Crippen LogP contribution in [0.1, 0.15) is 37.1 Å². The molecule has 0 amide bonds. The fourth-order valence-electron chi connectivity index (χ4n) is 3.68. The van der Waals surface area contributed by atoms with E-state index in [1.54, 1.807) is 0 Å². The summed E-state index contributed by atoms with van der Waals surface area (Å²) in [7, 11) is 0. The summed E-state index contributed by atoms with van der Waals surface area (Å²) in [5.41, 5.74) is 5.57. The summed E-state index contributed by atoms with van der Waals surface area (Å²) in [4.78, 5) is 16.6. The zero-order valence-corrected chi connectivity index (χ0v) is 15.1. The molecule has 6 nitrogen and oxygen atoms in total. The number of ether oxygens (including phenoxy) is 1. The van der Waals surface area contributed by atoms with Gasteiger partial charge in [0.25, 0.3) is 0 Å². The molecule has 6 heteroatoms. The third kappa shape index (κ3) is 2.65. The number of hydrogen-bond acceptors (Lipinski definition) is 5. The maximum absolute atomic E-state index is 5.50. The van der Waals surface area contributed by atoms with Crippen LogP contribution in [0, 0.1) is 0 Å². The van der Waals surface area contributed by atoms with Crippen molar-refractivity contribution in [3.63, 3.8) is 0 Å². The van der Waals surface area contributed by atoms with Crippen molar-refractivity contribution in [3.8, 4) is 11.3 Å². The molecule has 0 N–H and O–H groups in total. The first-order valence-corrected chi connectivity index (χ1v) is 9.50. The van der Waals surface area contributed by atoms with Gasteiger partial charge in [-0.05, 0) is 31.4 Å². The van der Waals surface area contributed by atoms with Crippen LogP contribution in [-0.4, -0.2) is 45.7 Å². The van der Waals surface area contributed by atoms with Gasteiger partial charge in [-0.15, -0.1) is 0 Å². The Labute approximate surface area is 152 Å². The van der Waals surface area contributed by atoms with E-state index in [0.29, 0.717) is 5.92 Å². The number of nitrogens with zero attached hydrogens (tertiary/aromatic N) is 5. The molecule has 26 heavy (non-hydrogen) atoms. The highest BCUT2D eigenvalue weighted by Gasteiger charge is 2.32. The van der Waals surface area contributed by atoms with E-state index in [1.807, 2.05) is 18.6 Å². The minimum absolute atomic E-state index is 0.563. The summed E-state index contributed by atoms with van der Waals surface area (Å²) in [6, 6.07) is 4.30. The Morgan fingerprint density at radius 1 is 1.15 bits per heavy atom. The van der Waals surface area contributed by atoms with Gasteiger partial charge >= 0.3 is 0 Å². The Balaban J connectivity index is 1.67. The maximum Gasteiger partial charge on any atom is 0.181 e. The molecule has 0 radical (unpaired) electrons. The van der Waals surface area contributed by atoms with Crippen molar-refractivity contribution in [1.82, 2.24) is 19.4 Å². The Kier molecular flexibility index (Phi) is 3.85. The summed E-state index contributed by atoms with van der Waals surface area (Å²) in [5, 5.41) is 0. The lowest BCUT2D eigenvalue weighted by Crippen LogP contribution is -2.37. The van der Waals surface area contributed by atoms with Crippen LogP contribution in [0.25, 0.3) is 16.9 Å². The predicted molar refractivity (Wildman–Crippen MR) is 101 cm³/mol. The molecule has 0 unspecified atom stereocenters. The van der Waals surface area contributed by atoms with E-state index in [2.05, 4.69) is 38.3 Å². The predicted octanol–water partition coefficient (Wildman–Crippen LogP) is 3.07. The summed E-state index contributed by atoms with van der Waals surface area (Å²) in [6.45, 7) is 5.34. The zero-order valence-electron chi connectivity index (χ0n) is 15.1. The molecule has 3 aromatic heterocycles. The molecule has 0 aromatic carbocycles. The largest absolute Gasteiger partial charge is 0.378 e. The first-order valence-electron chi connectivity index (χ1n) is 9.50. The number of aromatic nitrogens is 4. The number of morpholine rings is 1. The molecule has 3 aromatic rings. The Bertz CT molecular complexity index is 923. The average Bonchev–Trinajstić information content (AvgIpc) is 3.48. The van der Waals surface area contributed by atoms with Gasteiger partial charge in [0.15, 0.2) is 11.5 Å². The lowest BCUT2D eigenvalue weighted by atomic mass is 10.1. The minimum Gasteiger partial charge on any atom is -0.378 e. The fourth-order valence-corrected chi connectivity index (χ4v) is 3.68. The second-order valence-corrected chi connectivity index (χ2v) is 7.06. The van der Waals surface area contributed by atoms with E-state index in [9.17, 15) is 0 Å². The molecule has 4 heterocycles. The van der Waals surface area contributed by atoms with Crippen molar-refractivity contribution < 1.29 is 4.74 Å². The number of hydrogen-bond donors (Lipinski definition) is 0. The summed E-state index contributed by atoms with van der Waals surface area (Å²) >= 11 is 0. The van der Waals surface area contributed by atoms with Gasteiger partial charge in [0.05, 0.1) is 24.6 Å². The standard InChI is InChI=1S/C20H23N5O/c1-2-16-6-5-15(13-22-16)18-17(14-3-4-14)23-20-19(21-7-8-25(18)20)24-9-11-26-12-10-24/h5-8,13-14H,2-4,9-12H2,1H3. The van der Waals surface area contributed by atoms with Gasteiger partial charge in [-0.1, -0.05) is 6.92 Å². The first-order chi connectivity index (χ1) is 12.8. The van der Waals surface area contributed by atoms with E-state index >= 15 is 0 Å². The van der Waals surface area contributed by atoms with Gasteiger partial charge in [-0.2, -0.15) is 0 Å². The second-order valence-electron chi connectivity index (χ2n) is 7.06. The van der Waals surface area contributed by atoms with Crippen molar-refractivity contribution >= 4 is 11.5 Å². The number of anilines is 1. The molecular formula is C20H23N5O. The van der Waals surface area contributed by atoms with Crippen molar-refractivity contribution in [2.75, 3.05) is 31.2 Å². The van der Waals surface area contributed by atoms with Gasteiger partial charge in [0.2, 0.25) is 0 Å². The van der Waals surface area contributed by atoms with Crippen LogP contribution in [0.3, 0.4) is 0 Å². The topological polar surface area (TPSA) is 55.5 Å². The zero-order chi connectivity index (χ0) is 17.5. The Morgan fingerprint density at radius 2 is 2.00 bits per heavy atom. The Hall–Kier alpha value is -2.47. The number of pyridine rings is 1. The van der Waals surface area contributed by atoms with Gasteiger partial charge in [0.1, 0.15) is 0 Å². The monoisotopic (exact) mass is 349 g/mol. The lowest BCUT2D eigenvalue weighted by molar-refractivity contribution is 0.122. The number of rotatable bonds is 4. The van der Waals surface area contributed by atoms with Gasteiger partial charge in [-0.25, -0.2) is 9.97 Å².